The first-order valence-electron chi connectivity index (χ1n) is 6.56. The fourth-order valence-corrected chi connectivity index (χ4v) is 3.20. The van der Waals surface area contributed by atoms with E-state index in [1.165, 1.54) is 32.1 Å². The molecular formula is C13H24O2. The van der Waals surface area contributed by atoms with Gasteiger partial charge in [0.1, 0.15) is 0 Å². The molecule has 0 radical (unpaired) electrons. The normalized spacial score (nSPS) is 34.0. The quantitative estimate of drug-likeness (QED) is 0.665. The summed E-state index contributed by atoms with van der Waals surface area (Å²) < 4.78 is 11.8. The van der Waals surface area contributed by atoms with E-state index in [4.69, 9.17) is 9.47 Å². The first kappa shape index (κ1) is 11.4. The van der Waals surface area contributed by atoms with Gasteiger partial charge < -0.3 is 9.47 Å². The molecule has 2 nitrogen and oxygen atoms in total. The average Bonchev–Trinajstić information content (AvgIpc) is 2.81. The van der Waals surface area contributed by atoms with Gasteiger partial charge in [-0.05, 0) is 18.8 Å². The van der Waals surface area contributed by atoms with Crippen molar-refractivity contribution in [1.29, 1.82) is 0 Å². The van der Waals surface area contributed by atoms with Gasteiger partial charge in [0.2, 0.25) is 0 Å². The van der Waals surface area contributed by atoms with E-state index >= 15 is 0 Å². The Hall–Kier alpha value is -0.0800. The molecule has 1 saturated carbocycles. The second kappa shape index (κ2) is 4.84. The molecule has 0 amide bonds. The molecular weight excluding hydrogens is 188 g/mol. The molecule has 2 heteroatoms. The topological polar surface area (TPSA) is 18.5 Å². The van der Waals surface area contributed by atoms with Crippen molar-refractivity contribution in [2.45, 2.75) is 58.2 Å². The Balaban J connectivity index is 1.92. The second-order valence-corrected chi connectivity index (χ2v) is 5.13. The van der Waals surface area contributed by atoms with Crippen LogP contribution in [0.3, 0.4) is 0 Å². The van der Waals surface area contributed by atoms with Crippen molar-refractivity contribution < 1.29 is 9.47 Å². The highest BCUT2D eigenvalue weighted by Crippen LogP contribution is 2.47. The molecule has 0 aromatic carbocycles. The van der Waals surface area contributed by atoms with Gasteiger partial charge >= 0.3 is 0 Å². The number of unbranched alkanes of at least 4 members (excludes halogenated alkanes) is 2. The van der Waals surface area contributed by atoms with E-state index in [-0.39, 0.29) is 5.79 Å². The van der Waals surface area contributed by atoms with Crippen LogP contribution in [0.1, 0.15) is 52.4 Å². The maximum absolute atomic E-state index is 5.89. The van der Waals surface area contributed by atoms with Gasteiger partial charge in [0.15, 0.2) is 5.79 Å². The molecule has 2 aliphatic rings. The average molecular weight is 212 g/mol. The zero-order valence-electron chi connectivity index (χ0n) is 10.1. The maximum Gasteiger partial charge on any atom is 0.171 e. The molecule has 2 fully saturated rings. The molecule has 2 atom stereocenters. The van der Waals surface area contributed by atoms with Crippen molar-refractivity contribution in [2.75, 3.05) is 13.2 Å². The smallest absolute Gasteiger partial charge is 0.171 e. The summed E-state index contributed by atoms with van der Waals surface area (Å²) in [5.74, 6) is 1.25. The summed E-state index contributed by atoms with van der Waals surface area (Å²) in [6.45, 7) is 6.22. The molecule has 1 aliphatic heterocycles. The lowest BCUT2D eigenvalue weighted by atomic mass is 9.89. The Bertz CT molecular complexity index is 197. The highest BCUT2D eigenvalue weighted by Gasteiger charge is 2.50. The molecule has 0 bridgehead atoms. The third kappa shape index (κ3) is 2.21. The van der Waals surface area contributed by atoms with Gasteiger partial charge in [-0.15, -0.1) is 0 Å². The van der Waals surface area contributed by atoms with Gasteiger partial charge in [-0.3, -0.25) is 0 Å². The van der Waals surface area contributed by atoms with E-state index in [0.29, 0.717) is 5.92 Å². The minimum atomic E-state index is -0.173. The Morgan fingerprint density at radius 1 is 1.20 bits per heavy atom. The van der Waals surface area contributed by atoms with Gasteiger partial charge in [0.25, 0.3) is 0 Å². The van der Waals surface area contributed by atoms with E-state index in [2.05, 4.69) is 13.8 Å². The summed E-state index contributed by atoms with van der Waals surface area (Å²) in [5.41, 5.74) is 0. The fraction of sp³-hybridized carbons (Fsp3) is 1.00. The summed E-state index contributed by atoms with van der Waals surface area (Å²) in [5, 5.41) is 0. The van der Waals surface area contributed by atoms with E-state index < -0.39 is 0 Å². The lowest BCUT2D eigenvalue weighted by Gasteiger charge is -2.31. The largest absolute Gasteiger partial charge is 0.347 e. The lowest BCUT2D eigenvalue weighted by molar-refractivity contribution is -0.187. The predicted molar refractivity (Wildman–Crippen MR) is 60.7 cm³/mol. The summed E-state index contributed by atoms with van der Waals surface area (Å²) >= 11 is 0. The van der Waals surface area contributed by atoms with Crippen LogP contribution in [-0.4, -0.2) is 19.0 Å². The van der Waals surface area contributed by atoms with Crippen molar-refractivity contribution in [1.82, 2.24) is 0 Å². The highest BCUT2D eigenvalue weighted by atomic mass is 16.7. The van der Waals surface area contributed by atoms with Crippen LogP contribution in [0.15, 0.2) is 0 Å². The van der Waals surface area contributed by atoms with Crippen LogP contribution in [-0.2, 0) is 9.47 Å². The van der Waals surface area contributed by atoms with Gasteiger partial charge in [-0.2, -0.15) is 0 Å². The Morgan fingerprint density at radius 2 is 1.93 bits per heavy atom. The van der Waals surface area contributed by atoms with E-state index in [1.807, 2.05) is 0 Å². The summed E-state index contributed by atoms with van der Waals surface area (Å²) in [6, 6.07) is 0. The lowest BCUT2D eigenvalue weighted by Crippen LogP contribution is -2.36. The maximum atomic E-state index is 5.89. The number of ether oxygens (including phenoxy) is 2. The molecule has 1 aliphatic carbocycles. The van der Waals surface area contributed by atoms with Crippen LogP contribution in [0.5, 0.6) is 0 Å². The predicted octanol–water partition coefficient (Wildman–Crippen LogP) is 3.36. The minimum Gasteiger partial charge on any atom is -0.347 e. The molecule has 88 valence electrons. The summed E-state index contributed by atoms with van der Waals surface area (Å²) in [6.07, 6.45) is 7.66. The van der Waals surface area contributed by atoms with Crippen LogP contribution in [0.4, 0.5) is 0 Å². The first-order chi connectivity index (χ1) is 7.28. The molecule has 15 heavy (non-hydrogen) atoms. The molecule has 0 N–H and O–H groups in total. The monoisotopic (exact) mass is 212 g/mol. The number of hydrogen-bond acceptors (Lipinski definition) is 2. The highest BCUT2D eigenvalue weighted by molar-refractivity contribution is 4.92. The molecule has 0 aromatic rings. The number of hydrogen-bond donors (Lipinski definition) is 0. The molecule has 0 aromatic heterocycles. The van der Waals surface area contributed by atoms with E-state index in [0.717, 1.165) is 25.6 Å². The first-order valence-corrected chi connectivity index (χ1v) is 6.56. The van der Waals surface area contributed by atoms with Gasteiger partial charge in [0.05, 0.1) is 13.2 Å². The van der Waals surface area contributed by atoms with Crippen molar-refractivity contribution >= 4 is 0 Å². The fourth-order valence-electron chi connectivity index (χ4n) is 3.20. The van der Waals surface area contributed by atoms with Crippen LogP contribution >= 0.6 is 0 Å². The van der Waals surface area contributed by atoms with Gasteiger partial charge in [-0.1, -0.05) is 33.1 Å². The van der Waals surface area contributed by atoms with Crippen molar-refractivity contribution in [3.8, 4) is 0 Å². The third-order valence-corrected chi connectivity index (χ3v) is 4.09. The summed E-state index contributed by atoms with van der Waals surface area (Å²) in [7, 11) is 0. The van der Waals surface area contributed by atoms with Crippen LogP contribution < -0.4 is 0 Å². The summed E-state index contributed by atoms with van der Waals surface area (Å²) in [4.78, 5) is 0. The Kier molecular flexibility index (Phi) is 3.68. The van der Waals surface area contributed by atoms with Crippen LogP contribution in [0.25, 0.3) is 0 Å². The Labute approximate surface area is 93.3 Å². The minimum absolute atomic E-state index is 0.173. The molecule has 2 rings (SSSR count). The third-order valence-electron chi connectivity index (χ3n) is 4.09. The second-order valence-electron chi connectivity index (χ2n) is 5.13. The SMILES string of the molecule is CCCCC[C@H]1[C@@H](C)CCC12OCCO2. The molecule has 1 heterocycles. The van der Waals surface area contributed by atoms with Crippen molar-refractivity contribution in [3.63, 3.8) is 0 Å². The Morgan fingerprint density at radius 3 is 2.60 bits per heavy atom. The van der Waals surface area contributed by atoms with Crippen LogP contribution in [0.2, 0.25) is 0 Å². The zero-order valence-corrected chi connectivity index (χ0v) is 10.1. The molecule has 1 saturated heterocycles. The van der Waals surface area contributed by atoms with E-state index in [1.54, 1.807) is 0 Å². The zero-order chi connectivity index (χ0) is 10.7. The molecule has 0 unspecified atom stereocenters. The van der Waals surface area contributed by atoms with Crippen molar-refractivity contribution in [3.05, 3.63) is 0 Å². The van der Waals surface area contributed by atoms with Crippen LogP contribution in [0, 0.1) is 11.8 Å². The standard InChI is InChI=1S/C13H24O2/c1-3-4-5-6-12-11(2)7-8-13(12)14-9-10-15-13/h11-12H,3-10H2,1-2H3/t11-,12-/m0/s1. The number of rotatable bonds is 4. The van der Waals surface area contributed by atoms with Gasteiger partial charge in [-0.25, -0.2) is 0 Å². The van der Waals surface area contributed by atoms with E-state index in [9.17, 15) is 0 Å². The van der Waals surface area contributed by atoms with Crippen molar-refractivity contribution in [2.24, 2.45) is 11.8 Å². The van der Waals surface area contributed by atoms with Gasteiger partial charge in [0, 0.05) is 12.3 Å². The molecule has 1 spiro atoms.